The second-order valence-corrected chi connectivity index (χ2v) is 7.72. The number of nitrogens with two attached hydrogens (primary N) is 1. The maximum atomic E-state index is 12.1. The zero-order valence-corrected chi connectivity index (χ0v) is 19.2. The molecule has 0 radical (unpaired) electrons. The minimum atomic E-state index is -0.663. The third-order valence-electron chi connectivity index (χ3n) is 5.20. The lowest BCUT2D eigenvalue weighted by Gasteiger charge is -2.25. The van der Waals surface area contributed by atoms with Crippen molar-refractivity contribution in [3.05, 3.63) is 35.7 Å². The lowest BCUT2D eigenvalue weighted by molar-refractivity contribution is -0.115. The van der Waals surface area contributed by atoms with E-state index >= 15 is 0 Å². The smallest absolute Gasteiger partial charge is 0.295 e. The van der Waals surface area contributed by atoms with Crippen molar-refractivity contribution in [1.82, 2.24) is 15.3 Å². The van der Waals surface area contributed by atoms with E-state index in [0.29, 0.717) is 62.2 Å². The van der Waals surface area contributed by atoms with E-state index in [9.17, 15) is 9.59 Å². The van der Waals surface area contributed by atoms with Crippen LogP contribution in [0.5, 0.6) is 5.75 Å². The van der Waals surface area contributed by atoms with Gasteiger partial charge in [-0.3, -0.25) is 9.59 Å². The molecule has 0 saturated carbocycles. The van der Waals surface area contributed by atoms with Crippen molar-refractivity contribution in [3.8, 4) is 18.1 Å². The number of carbonyl (C=O) groups excluding carboxylic acids is 2. The van der Waals surface area contributed by atoms with Gasteiger partial charge in [0.25, 0.3) is 11.8 Å². The Morgan fingerprint density at radius 1 is 1.26 bits per heavy atom. The number of aromatic nitrogens is 2. The Kier molecular flexibility index (Phi) is 9.05. The van der Waals surface area contributed by atoms with E-state index in [4.69, 9.17) is 21.6 Å². The molecule has 2 heterocycles. The summed E-state index contributed by atoms with van der Waals surface area (Å²) in [6.45, 7) is 4.16. The van der Waals surface area contributed by atoms with Gasteiger partial charge in [-0.05, 0) is 43.7 Å². The summed E-state index contributed by atoms with van der Waals surface area (Å²) in [6.07, 6.45) is 7.96. The van der Waals surface area contributed by atoms with Gasteiger partial charge in [-0.2, -0.15) is 0 Å². The fourth-order valence-electron chi connectivity index (χ4n) is 3.44. The van der Waals surface area contributed by atoms with Crippen molar-refractivity contribution in [3.63, 3.8) is 0 Å². The van der Waals surface area contributed by atoms with Crippen molar-refractivity contribution in [2.45, 2.75) is 38.6 Å². The molecule has 0 spiro atoms. The quantitative estimate of drug-likeness (QED) is 0.291. The van der Waals surface area contributed by atoms with Crippen LogP contribution in [0.2, 0.25) is 0 Å². The van der Waals surface area contributed by atoms with Crippen LogP contribution in [-0.4, -0.2) is 54.2 Å². The molecule has 3 rings (SSSR count). The number of hydrogen-bond donors (Lipinski definition) is 4. The topological polar surface area (TPSA) is 140 Å². The van der Waals surface area contributed by atoms with Crippen LogP contribution in [-0.2, 0) is 16.0 Å². The molecule has 34 heavy (non-hydrogen) atoms. The predicted octanol–water partition coefficient (Wildman–Crippen LogP) is 1.99. The van der Waals surface area contributed by atoms with Crippen molar-refractivity contribution in [2.24, 2.45) is 5.73 Å². The first-order valence-corrected chi connectivity index (χ1v) is 11.3. The largest absolute Gasteiger partial charge is 0.493 e. The number of terminal acetylenes is 1. The van der Waals surface area contributed by atoms with Crippen LogP contribution in [0.3, 0.4) is 0 Å². The molecule has 0 aliphatic carbocycles. The SMILES string of the molecule is C#CC(=O)NCCCOc1cccc(Nc2nc(NC3CCOCC3)c(CC)nc2C(N)=O)c1. The van der Waals surface area contributed by atoms with Gasteiger partial charge in [0.05, 0.1) is 12.3 Å². The summed E-state index contributed by atoms with van der Waals surface area (Å²) in [6, 6.07) is 7.46. The third-order valence-corrected chi connectivity index (χ3v) is 5.20. The van der Waals surface area contributed by atoms with Gasteiger partial charge in [0.1, 0.15) is 5.75 Å². The highest BCUT2D eigenvalue weighted by molar-refractivity contribution is 5.96. The number of primary amides is 1. The molecule has 1 aliphatic heterocycles. The van der Waals surface area contributed by atoms with Gasteiger partial charge in [0, 0.05) is 37.6 Å². The van der Waals surface area contributed by atoms with Gasteiger partial charge in [-0.25, -0.2) is 9.97 Å². The highest BCUT2D eigenvalue weighted by Gasteiger charge is 2.20. The zero-order chi connectivity index (χ0) is 24.3. The molecule has 0 unspecified atom stereocenters. The first-order chi connectivity index (χ1) is 16.5. The van der Waals surface area contributed by atoms with Crippen LogP contribution >= 0.6 is 0 Å². The second-order valence-electron chi connectivity index (χ2n) is 7.72. The fraction of sp³-hybridized carbons (Fsp3) is 0.417. The summed E-state index contributed by atoms with van der Waals surface area (Å²) in [5, 5.41) is 9.18. The molecule has 1 aromatic heterocycles. The molecule has 1 fully saturated rings. The second kappa shape index (κ2) is 12.4. The van der Waals surface area contributed by atoms with Gasteiger partial charge in [-0.15, -0.1) is 6.42 Å². The fourth-order valence-corrected chi connectivity index (χ4v) is 3.44. The van der Waals surface area contributed by atoms with Gasteiger partial charge in [0.15, 0.2) is 17.3 Å². The Hall–Kier alpha value is -3.84. The standard InChI is InChI=1S/C24H30N6O4/c1-3-19-23(27-16-9-13-33-14-10-16)30-24(21(29-19)22(25)32)28-17-7-5-8-18(15-17)34-12-6-11-26-20(31)4-2/h2,5,7-8,15-16H,3,6,9-14H2,1H3,(H2,25,32)(H,26,31)(H2,27,28,30). The molecule has 5 N–H and O–H groups in total. The first kappa shape index (κ1) is 24.8. The summed E-state index contributed by atoms with van der Waals surface area (Å²) in [7, 11) is 0. The average Bonchev–Trinajstić information content (AvgIpc) is 2.84. The van der Waals surface area contributed by atoms with E-state index in [1.165, 1.54) is 0 Å². The van der Waals surface area contributed by atoms with Crippen molar-refractivity contribution in [2.75, 3.05) is 37.0 Å². The number of carbonyl (C=O) groups is 2. The molecule has 1 saturated heterocycles. The minimum Gasteiger partial charge on any atom is -0.493 e. The highest BCUT2D eigenvalue weighted by Crippen LogP contribution is 2.26. The summed E-state index contributed by atoms with van der Waals surface area (Å²) in [5.74, 6) is 2.41. The van der Waals surface area contributed by atoms with Crippen LogP contribution in [0.1, 0.15) is 42.4 Å². The van der Waals surface area contributed by atoms with Gasteiger partial charge < -0.3 is 31.2 Å². The molecule has 1 aromatic carbocycles. The molecule has 0 atom stereocenters. The molecule has 1 aliphatic rings. The third kappa shape index (κ3) is 7.08. The molecule has 10 nitrogen and oxygen atoms in total. The van der Waals surface area contributed by atoms with Crippen molar-refractivity contribution >= 4 is 29.1 Å². The van der Waals surface area contributed by atoms with Crippen molar-refractivity contribution < 1.29 is 19.1 Å². The number of aryl methyl sites for hydroxylation is 1. The van der Waals surface area contributed by atoms with E-state index in [-0.39, 0.29) is 17.6 Å². The summed E-state index contributed by atoms with van der Waals surface area (Å²) in [5.41, 5.74) is 7.01. The van der Waals surface area contributed by atoms with Crippen LogP contribution < -0.4 is 26.4 Å². The van der Waals surface area contributed by atoms with E-state index < -0.39 is 11.8 Å². The molecule has 2 aromatic rings. The summed E-state index contributed by atoms with van der Waals surface area (Å²) >= 11 is 0. The van der Waals surface area contributed by atoms with E-state index in [0.717, 1.165) is 12.8 Å². The summed E-state index contributed by atoms with van der Waals surface area (Å²) in [4.78, 5) is 32.3. The number of ether oxygens (including phenoxy) is 2. The van der Waals surface area contributed by atoms with Gasteiger partial charge >= 0.3 is 0 Å². The maximum Gasteiger partial charge on any atom is 0.295 e. The Labute approximate surface area is 199 Å². The molecule has 10 heteroatoms. The Bertz CT molecular complexity index is 1050. The van der Waals surface area contributed by atoms with Crippen LogP contribution in [0, 0.1) is 12.3 Å². The predicted molar refractivity (Wildman–Crippen MR) is 129 cm³/mol. The molecule has 2 amide bonds. The van der Waals surface area contributed by atoms with E-state index in [1.54, 1.807) is 6.07 Å². The number of nitrogens with one attached hydrogen (secondary N) is 3. The van der Waals surface area contributed by atoms with E-state index in [2.05, 4.69) is 25.9 Å². The number of anilines is 3. The van der Waals surface area contributed by atoms with E-state index in [1.807, 2.05) is 31.0 Å². The minimum absolute atomic E-state index is 0.0740. The Balaban J connectivity index is 1.72. The number of nitrogens with zero attached hydrogens (tertiary/aromatic N) is 2. The first-order valence-electron chi connectivity index (χ1n) is 11.3. The number of rotatable bonds is 11. The van der Waals surface area contributed by atoms with Crippen LogP contribution in [0.15, 0.2) is 24.3 Å². The number of benzene rings is 1. The monoisotopic (exact) mass is 466 g/mol. The number of hydrogen-bond acceptors (Lipinski definition) is 8. The lowest BCUT2D eigenvalue weighted by Crippen LogP contribution is -2.29. The Morgan fingerprint density at radius 3 is 2.76 bits per heavy atom. The van der Waals surface area contributed by atoms with Crippen LogP contribution in [0.25, 0.3) is 0 Å². The summed E-state index contributed by atoms with van der Waals surface area (Å²) < 4.78 is 11.2. The highest BCUT2D eigenvalue weighted by atomic mass is 16.5. The van der Waals surface area contributed by atoms with Crippen LogP contribution in [0.4, 0.5) is 17.3 Å². The van der Waals surface area contributed by atoms with Gasteiger partial charge in [-0.1, -0.05) is 13.0 Å². The number of amides is 2. The van der Waals surface area contributed by atoms with Gasteiger partial charge in [0.2, 0.25) is 0 Å². The maximum absolute atomic E-state index is 12.1. The van der Waals surface area contributed by atoms with Crippen molar-refractivity contribution in [1.29, 1.82) is 0 Å². The molecule has 180 valence electrons. The average molecular weight is 467 g/mol. The molecular formula is C24H30N6O4. The molecule has 0 bridgehead atoms. The Morgan fingerprint density at radius 2 is 2.06 bits per heavy atom. The zero-order valence-electron chi connectivity index (χ0n) is 19.2. The normalized spacial score (nSPS) is 13.5. The lowest BCUT2D eigenvalue weighted by atomic mass is 10.1. The molecular weight excluding hydrogens is 436 g/mol.